The van der Waals surface area contributed by atoms with Crippen LogP contribution in [-0.2, 0) is 16.7 Å². The van der Waals surface area contributed by atoms with E-state index < -0.39 is 0 Å². The number of fused-ring (bicyclic) bond motifs is 1. The average molecular weight is 389 g/mol. The van der Waals surface area contributed by atoms with Crippen LogP contribution in [0.5, 0.6) is 0 Å². The summed E-state index contributed by atoms with van der Waals surface area (Å²) in [6.45, 7) is 2.54. The van der Waals surface area contributed by atoms with Gasteiger partial charge in [0.05, 0.1) is 22.8 Å². The minimum absolute atomic E-state index is 0.281. The fourth-order valence-corrected chi connectivity index (χ4v) is 3.97. The number of aromatic nitrogens is 4. The highest BCUT2D eigenvalue weighted by Gasteiger charge is 2.38. The van der Waals surface area contributed by atoms with Crippen molar-refractivity contribution in [3.8, 4) is 11.4 Å². The number of ether oxygens (including phenoxy) is 1. The Morgan fingerprint density at radius 1 is 1.07 bits per heavy atom. The van der Waals surface area contributed by atoms with Gasteiger partial charge in [-0.3, -0.25) is 0 Å². The fraction of sp³-hybridized carbons (Fsp3) is 0.318. The van der Waals surface area contributed by atoms with Crippen LogP contribution >= 0.6 is 0 Å². The maximum Gasteiger partial charge on any atom is 0.234 e. The van der Waals surface area contributed by atoms with Crippen molar-refractivity contribution in [2.24, 2.45) is 5.73 Å². The second kappa shape index (κ2) is 7.42. The summed E-state index contributed by atoms with van der Waals surface area (Å²) in [5, 5.41) is 4.24. The maximum absolute atomic E-state index is 6.07. The van der Waals surface area contributed by atoms with Crippen molar-refractivity contribution in [3.05, 3.63) is 66.3 Å². The Kier molecular flexibility index (Phi) is 4.61. The third-order valence-corrected chi connectivity index (χ3v) is 5.79. The molecule has 7 nitrogen and oxygen atoms in total. The minimum Gasteiger partial charge on any atom is -0.381 e. The summed E-state index contributed by atoms with van der Waals surface area (Å²) in [6.07, 6.45) is 3.48. The van der Waals surface area contributed by atoms with Gasteiger partial charge in [-0.05, 0) is 36.6 Å². The summed E-state index contributed by atoms with van der Waals surface area (Å²) in [4.78, 5) is 9.17. The molecule has 0 amide bonds. The van der Waals surface area contributed by atoms with E-state index in [1.54, 1.807) is 0 Å². The van der Waals surface area contributed by atoms with Crippen LogP contribution in [0.1, 0.15) is 24.3 Å². The molecule has 1 saturated heterocycles. The molecule has 2 N–H and O–H groups in total. The van der Waals surface area contributed by atoms with E-state index in [9.17, 15) is 0 Å². The number of benzene rings is 2. The molecule has 148 valence electrons. The molecule has 0 radical (unpaired) electrons. The van der Waals surface area contributed by atoms with E-state index in [1.807, 2.05) is 36.7 Å². The highest BCUT2D eigenvalue weighted by atomic mass is 16.5. The van der Waals surface area contributed by atoms with Crippen LogP contribution in [0.2, 0.25) is 0 Å². The SMILES string of the molecule is NCC1(c2nc(-c3cccc(Cn4cnc5ccccc54)c3)no2)CCOCC1. The second-order valence-electron chi connectivity index (χ2n) is 7.58. The Bertz CT molecular complexity index is 1130. The molecule has 0 bridgehead atoms. The van der Waals surface area contributed by atoms with Crippen molar-refractivity contribution >= 4 is 11.0 Å². The van der Waals surface area contributed by atoms with E-state index in [0.29, 0.717) is 31.5 Å². The molecule has 0 atom stereocenters. The predicted molar refractivity (Wildman–Crippen MR) is 109 cm³/mol. The monoisotopic (exact) mass is 389 g/mol. The lowest BCUT2D eigenvalue weighted by atomic mass is 9.80. The second-order valence-corrected chi connectivity index (χ2v) is 7.58. The summed E-state index contributed by atoms with van der Waals surface area (Å²) in [5.41, 5.74) is 9.98. The molecule has 0 saturated carbocycles. The number of imidazole rings is 1. The van der Waals surface area contributed by atoms with Gasteiger partial charge in [0.1, 0.15) is 0 Å². The largest absolute Gasteiger partial charge is 0.381 e. The highest BCUT2D eigenvalue weighted by Crippen LogP contribution is 2.34. The van der Waals surface area contributed by atoms with Gasteiger partial charge in [0, 0.05) is 31.9 Å². The highest BCUT2D eigenvalue weighted by molar-refractivity contribution is 5.75. The normalized spacial score (nSPS) is 16.3. The van der Waals surface area contributed by atoms with Crippen LogP contribution in [-0.4, -0.2) is 39.5 Å². The van der Waals surface area contributed by atoms with Gasteiger partial charge < -0.3 is 19.6 Å². The van der Waals surface area contributed by atoms with Gasteiger partial charge in [-0.25, -0.2) is 4.98 Å². The van der Waals surface area contributed by atoms with Crippen molar-refractivity contribution in [3.63, 3.8) is 0 Å². The maximum atomic E-state index is 6.07. The Hall–Kier alpha value is -3.03. The number of hydrogen-bond donors (Lipinski definition) is 1. The molecule has 0 unspecified atom stereocenters. The van der Waals surface area contributed by atoms with Gasteiger partial charge >= 0.3 is 0 Å². The molecule has 7 heteroatoms. The first-order valence-electron chi connectivity index (χ1n) is 9.89. The molecule has 29 heavy (non-hydrogen) atoms. The Morgan fingerprint density at radius 2 is 1.93 bits per heavy atom. The van der Waals surface area contributed by atoms with Gasteiger partial charge in [0.15, 0.2) is 0 Å². The number of para-hydroxylation sites is 2. The van der Waals surface area contributed by atoms with Crippen molar-refractivity contribution < 1.29 is 9.26 Å². The van der Waals surface area contributed by atoms with Crippen LogP contribution in [0.4, 0.5) is 0 Å². The summed E-state index contributed by atoms with van der Waals surface area (Å²) in [6, 6.07) is 16.4. The molecule has 3 heterocycles. The lowest BCUT2D eigenvalue weighted by Gasteiger charge is -2.32. The van der Waals surface area contributed by atoms with Gasteiger partial charge in [-0.15, -0.1) is 0 Å². The van der Waals surface area contributed by atoms with E-state index in [-0.39, 0.29) is 5.41 Å². The summed E-state index contributed by atoms with van der Waals surface area (Å²) in [5.74, 6) is 1.21. The van der Waals surface area contributed by atoms with Crippen molar-refractivity contribution in [2.75, 3.05) is 19.8 Å². The van der Waals surface area contributed by atoms with Gasteiger partial charge in [-0.1, -0.05) is 35.5 Å². The molecule has 1 aliphatic rings. The predicted octanol–water partition coefficient (Wildman–Crippen LogP) is 3.14. The lowest BCUT2D eigenvalue weighted by molar-refractivity contribution is 0.0409. The van der Waals surface area contributed by atoms with Crippen LogP contribution in [0, 0.1) is 0 Å². The topological polar surface area (TPSA) is 92.0 Å². The summed E-state index contributed by atoms with van der Waals surface area (Å²) < 4.78 is 13.3. The molecular weight excluding hydrogens is 366 g/mol. The quantitative estimate of drug-likeness (QED) is 0.564. The van der Waals surface area contributed by atoms with Crippen LogP contribution in [0.3, 0.4) is 0 Å². The molecule has 2 aromatic heterocycles. The van der Waals surface area contributed by atoms with Gasteiger partial charge in [-0.2, -0.15) is 4.98 Å². The van der Waals surface area contributed by atoms with Gasteiger partial charge in [0.2, 0.25) is 11.7 Å². The summed E-state index contributed by atoms with van der Waals surface area (Å²) >= 11 is 0. The zero-order valence-electron chi connectivity index (χ0n) is 16.1. The molecule has 1 fully saturated rings. The molecule has 0 spiro atoms. The molecule has 5 rings (SSSR count). The van der Waals surface area contributed by atoms with Gasteiger partial charge in [0.25, 0.3) is 0 Å². The molecule has 4 aromatic rings. The first-order chi connectivity index (χ1) is 14.3. The van der Waals surface area contributed by atoms with Crippen molar-refractivity contribution in [1.82, 2.24) is 19.7 Å². The number of hydrogen-bond acceptors (Lipinski definition) is 6. The third-order valence-electron chi connectivity index (χ3n) is 5.79. The standard InChI is InChI=1S/C22H23N5O2/c23-14-22(8-10-28-11-9-22)21-25-20(26-29-21)17-5-3-4-16(12-17)13-27-15-24-18-6-1-2-7-19(18)27/h1-7,12,15H,8-11,13-14,23H2. The zero-order chi connectivity index (χ0) is 19.7. The van der Waals surface area contributed by atoms with E-state index in [0.717, 1.165) is 41.5 Å². The summed E-state index contributed by atoms with van der Waals surface area (Å²) in [7, 11) is 0. The lowest BCUT2D eigenvalue weighted by Crippen LogP contribution is -2.40. The third kappa shape index (κ3) is 3.32. The van der Waals surface area contributed by atoms with Crippen LogP contribution < -0.4 is 5.73 Å². The molecule has 2 aromatic carbocycles. The van der Waals surface area contributed by atoms with Crippen molar-refractivity contribution in [2.45, 2.75) is 24.8 Å². The van der Waals surface area contributed by atoms with E-state index in [2.05, 4.69) is 32.9 Å². The number of nitrogens with zero attached hydrogens (tertiary/aromatic N) is 4. The van der Waals surface area contributed by atoms with Crippen LogP contribution in [0.15, 0.2) is 59.4 Å². The molecular formula is C22H23N5O2. The Labute approximate surface area is 168 Å². The number of nitrogens with two attached hydrogens (primary N) is 1. The Balaban J connectivity index is 1.42. The van der Waals surface area contributed by atoms with Crippen molar-refractivity contribution in [1.29, 1.82) is 0 Å². The number of rotatable bonds is 5. The first kappa shape index (κ1) is 18.0. The minimum atomic E-state index is -0.281. The smallest absolute Gasteiger partial charge is 0.234 e. The molecule has 0 aliphatic carbocycles. The first-order valence-corrected chi connectivity index (χ1v) is 9.89. The molecule has 1 aliphatic heterocycles. The Morgan fingerprint density at radius 3 is 2.79 bits per heavy atom. The van der Waals surface area contributed by atoms with E-state index in [4.69, 9.17) is 20.0 Å². The van der Waals surface area contributed by atoms with E-state index in [1.165, 1.54) is 0 Å². The van der Waals surface area contributed by atoms with E-state index >= 15 is 0 Å². The fourth-order valence-electron chi connectivity index (χ4n) is 3.97. The average Bonchev–Trinajstić information content (AvgIpc) is 3.43. The zero-order valence-corrected chi connectivity index (χ0v) is 16.1. The van der Waals surface area contributed by atoms with Crippen LogP contribution in [0.25, 0.3) is 22.4 Å².